The van der Waals surface area contributed by atoms with Gasteiger partial charge < -0.3 is 66.3 Å². The van der Waals surface area contributed by atoms with Crippen molar-refractivity contribution in [3.63, 3.8) is 0 Å². The molecule has 16 aliphatic carbocycles. The first-order valence-corrected chi connectivity index (χ1v) is 55.6. The lowest BCUT2D eigenvalue weighted by atomic mass is 9.60. The van der Waals surface area contributed by atoms with Crippen LogP contribution in [0.4, 0.5) is 0 Å². The standard InChI is InChI=1S/C21H30O4.4C16H24O4.C15H22O4.C14H20O4/c1-4-20(2,3)18(22)25-15-9-11-7-13(15)17-14-8-12(16(11)17)10-21(14)5-6-24-19(21)23;1-4-15(2,3)14(18)20-12-6-11-5-10(12)7-16(11)8-13(17)19-9-16;1-4-15(2,3)14(18)20-12-6-10-5-11(12)16(7-10)8-13(17)19-9-16;1-4-15(2,3)13(17)20-12-8-11-7-10(12)9-16(11)5-6-19-14(16)18;1-4-15(2,3)13(17)20-12-8-10-7-11(12)16(9-10)5-6-19-14(16)18;1-4-15(2,3)14(17)19-11-6-8-5-9(11)12-10(8)7-18-13(12)16;1-3-7(2)13(15)18-11-5-8-4-9(11)12-10(8)6-17-14(12)16/h11-17H,4-10H2,1-3H3;4*10-12H,4-9H2,1-3H3;8-12H,4-7H2,1-3H3;7-12H,3-6H2,1-2H3. The van der Waals surface area contributed by atoms with E-state index in [1.54, 1.807) is 0 Å². The maximum atomic E-state index is 12.6. The smallest absolute Gasteiger partial charge is 0.312 e. The molecule has 7 aliphatic heterocycles. The highest BCUT2D eigenvalue weighted by Gasteiger charge is 2.74. The van der Waals surface area contributed by atoms with Crippen LogP contribution in [0.2, 0.25) is 0 Å². The number of carbonyl (C=O) groups excluding carboxylic acids is 14. The number of hydrogen-bond acceptors (Lipinski definition) is 28. The predicted octanol–water partition coefficient (Wildman–Crippen LogP) is 18.3. The summed E-state index contributed by atoms with van der Waals surface area (Å²) in [6.45, 7) is 43.1. The Balaban J connectivity index is 0.000000114. The van der Waals surface area contributed by atoms with Gasteiger partial charge in [0.25, 0.3) is 0 Å². The second-order valence-electron chi connectivity index (χ2n) is 52.7. The molecule has 0 aromatic rings. The average molecular weight is 1990 g/mol. The number of esters is 14. The van der Waals surface area contributed by atoms with Gasteiger partial charge in [0.2, 0.25) is 0 Å². The molecule has 792 valence electrons. The first kappa shape index (κ1) is 106. The van der Waals surface area contributed by atoms with Gasteiger partial charge in [0, 0.05) is 46.3 Å². The van der Waals surface area contributed by atoms with Crippen LogP contribution in [0.1, 0.15) is 344 Å². The lowest BCUT2D eigenvalue weighted by Crippen LogP contribution is -2.46. The molecule has 0 aromatic heterocycles. The third-order valence-corrected chi connectivity index (χ3v) is 42.9. The second-order valence-corrected chi connectivity index (χ2v) is 52.7. The zero-order valence-corrected chi connectivity index (χ0v) is 88.8. The topological polar surface area (TPSA) is 368 Å². The van der Waals surface area contributed by atoms with Crippen molar-refractivity contribution in [3.8, 4) is 0 Å². The van der Waals surface area contributed by atoms with Crippen LogP contribution in [0.3, 0.4) is 0 Å². The Morgan fingerprint density at radius 2 is 0.690 bits per heavy atom. The highest BCUT2D eigenvalue weighted by molar-refractivity contribution is 5.84. The summed E-state index contributed by atoms with van der Waals surface area (Å²) in [5.74, 6) is 8.14. The van der Waals surface area contributed by atoms with Crippen LogP contribution in [0.5, 0.6) is 0 Å². The highest BCUT2D eigenvalue weighted by Crippen LogP contribution is 2.75. The van der Waals surface area contributed by atoms with Crippen LogP contribution in [-0.4, -0.2) is 173 Å². The summed E-state index contributed by atoms with van der Waals surface area (Å²) in [6.07, 6.45) is 29.1. The molecule has 28 nitrogen and oxygen atoms in total. The first-order chi connectivity index (χ1) is 66.9. The van der Waals surface area contributed by atoms with Gasteiger partial charge in [0.05, 0.1) is 126 Å². The predicted molar refractivity (Wildman–Crippen MR) is 514 cm³/mol. The van der Waals surface area contributed by atoms with Crippen molar-refractivity contribution in [1.82, 2.24) is 0 Å². The maximum absolute atomic E-state index is 12.6. The van der Waals surface area contributed by atoms with Gasteiger partial charge in [-0.05, 0) is 359 Å². The SMILES string of the molecule is CCC(C)(C)C(=O)OC1CC2CC1C1(CCOC1=O)C2.CCC(C)(C)C(=O)OC1CC2CC1C1(COC(=O)C1)C2.CCC(C)(C)C(=O)OC1CC2CC1C1C(=O)OCC21.CCC(C)(C)C(=O)OC1CC2CC1C1C2C2CC1C1(CCOC1=O)C2.CCC(C)(C)C(=O)OC1CC2CC1CC21CCOC1=O.CCC(C)(C)C(=O)OC1CC2CC1CC21COC(=O)C1.CCC(C)C(=O)OC1CC2CC1C1C(=O)OCC21. The Morgan fingerprint density at radius 3 is 1.09 bits per heavy atom. The van der Waals surface area contributed by atoms with Crippen molar-refractivity contribution >= 4 is 83.6 Å². The summed E-state index contributed by atoms with van der Waals surface area (Å²) >= 11 is 0. The lowest BCUT2D eigenvalue weighted by Gasteiger charge is -2.44. The van der Waals surface area contributed by atoms with Gasteiger partial charge in [0.1, 0.15) is 42.7 Å². The number of hydrogen-bond donors (Lipinski definition) is 0. The Morgan fingerprint density at radius 1 is 0.317 bits per heavy atom. The third-order valence-electron chi connectivity index (χ3n) is 42.9. The van der Waals surface area contributed by atoms with Crippen LogP contribution < -0.4 is 0 Å². The van der Waals surface area contributed by atoms with E-state index in [0.717, 1.165) is 186 Å². The largest absolute Gasteiger partial charge is 0.465 e. The molecule has 28 heteroatoms. The average Bonchev–Trinajstić information content (AvgIpc) is 1.51. The Bertz CT molecular complexity index is 4820. The van der Waals surface area contributed by atoms with Crippen molar-refractivity contribution in [2.45, 2.75) is 387 Å². The lowest BCUT2D eigenvalue weighted by molar-refractivity contribution is -0.169. The number of ether oxygens (including phenoxy) is 14. The number of fused-ring (bicyclic) bond motifs is 32. The molecule has 23 aliphatic rings. The van der Waals surface area contributed by atoms with Crippen molar-refractivity contribution in [1.29, 1.82) is 0 Å². The minimum absolute atomic E-state index is 0.00140. The molecule has 7 saturated heterocycles. The van der Waals surface area contributed by atoms with E-state index in [9.17, 15) is 67.1 Å². The molecule has 35 atom stereocenters. The molecule has 23 fully saturated rings. The zero-order chi connectivity index (χ0) is 102. The molecule has 16 saturated carbocycles. The normalized spacial score (nSPS) is 41.7. The molecule has 23 rings (SSSR count). The van der Waals surface area contributed by atoms with E-state index in [1.807, 2.05) is 138 Å². The molecule has 142 heavy (non-hydrogen) atoms. The summed E-state index contributed by atoms with van der Waals surface area (Å²) in [5.41, 5.74) is -3.25. The number of carbonyl (C=O) groups is 14. The van der Waals surface area contributed by atoms with Gasteiger partial charge >= 0.3 is 83.6 Å². The van der Waals surface area contributed by atoms with E-state index in [2.05, 4.69) is 0 Å². The molecule has 7 heterocycles. The summed E-state index contributed by atoms with van der Waals surface area (Å²) < 4.78 is 77.0. The Hall–Kier alpha value is -7.42. The van der Waals surface area contributed by atoms with Crippen LogP contribution in [-0.2, 0) is 133 Å². The maximum Gasteiger partial charge on any atom is 0.312 e. The quantitative estimate of drug-likeness (QED) is 0.0585. The van der Waals surface area contributed by atoms with Gasteiger partial charge in [-0.15, -0.1) is 0 Å². The second kappa shape index (κ2) is 39.6. The van der Waals surface area contributed by atoms with Gasteiger partial charge in [-0.2, -0.15) is 0 Å². The van der Waals surface area contributed by atoms with E-state index in [4.69, 9.17) is 66.3 Å². The van der Waals surface area contributed by atoms with E-state index < -0.39 is 32.5 Å². The molecule has 5 spiro atoms. The van der Waals surface area contributed by atoms with Gasteiger partial charge in [-0.25, -0.2) is 0 Å². The van der Waals surface area contributed by atoms with Crippen LogP contribution in [0, 0.1) is 196 Å². The van der Waals surface area contributed by atoms with E-state index in [1.165, 1.54) is 12.8 Å². The summed E-state index contributed by atoms with van der Waals surface area (Å²) in [4.78, 5) is 168. The molecule has 16 bridgehead atoms. The minimum atomic E-state index is -0.439. The van der Waals surface area contributed by atoms with Crippen LogP contribution >= 0.6 is 0 Å². The third kappa shape index (κ3) is 19.1. The molecular formula is C114H168O28. The monoisotopic (exact) mass is 1990 g/mol. The van der Waals surface area contributed by atoms with Crippen molar-refractivity contribution in [3.05, 3.63) is 0 Å². The van der Waals surface area contributed by atoms with Crippen molar-refractivity contribution in [2.24, 2.45) is 196 Å². The fourth-order valence-electron chi connectivity index (χ4n) is 31.6. The van der Waals surface area contributed by atoms with Gasteiger partial charge in [-0.1, -0.05) is 55.4 Å². The molecular weight excluding hydrogens is 1820 g/mol. The van der Waals surface area contributed by atoms with Crippen LogP contribution in [0.15, 0.2) is 0 Å². The Labute approximate surface area is 841 Å². The molecule has 35 unspecified atom stereocenters. The fourth-order valence-corrected chi connectivity index (χ4v) is 31.6. The first-order valence-electron chi connectivity index (χ1n) is 55.6. The minimum Gasteiger partial charge on any atom is -0.465 e. The van der Waals surface area contributed by atoms with Crippen LogP contribution in [0.25, 0.3) is 0 Å². The van der Waals surface area contributed by atoms with Gasteiger partial charge in [0.15, 0.2) is 0 Å². The van der Waals surface area contributed by atoms with Crippen molar-refractivity contribution < 1.29 is 133 Å². The van der Waals surface area contributed by atoms with E-state index in [-0.39, 0.29) is 189 Å². The zero-order valence-electron chi connectivity index (χ0n) is 88.8. The highest BCUT2D eigenvalue weighted by atomic mass is 16.6. The summed E-state index contributed by atoms with van der Waals surface area (Å²) in [7, 11) is 0. The molecule has 0 amide bonds. The number of rotatable bonds is 21. The van der Waals surface area contributed by atoms with Crippen molar-refractivity contribution in [2.75, 3.05) is 46.2 Å². The number of cyclic esters (lactones) is 7. The van der Waals surface area contributed by atoms with E-state index >= 15 is 0 Å². The molecule has 0 aromatic carbocycles. The summed E-state index contributed by atoms with van der Waals surface area (Å²) in [5, 5.41) is 0. The summed E-state index contributed by atoms with van der Waals surface area (Å²) in [6, 6.07) is 0. The molecule has 0 radical (unpaired) electrons. The van der Waals surface area contributed by atoms with Gasteiger partial charge in [-0.3, -0.25) is 67.1 Å². The molecule has 0 N–H and O–H groups in total. The Kier molecular flexibility index (Phi) is 29.5. The fraction of sp³-hybridized carbons (Fsp3) is 0.877. The van der Waals surface area contributed by atoms with E-state index in [0.29, 0.717) is 154 Å².